The summed E-state index contributed by atoms with van der Waals surface area (Å²) < 4.78 is 0. The molecule has 1 amide bonds. The smallest absolute Gasteiger partial charge is 0.232 e. The number of carbonyl (C=O) groups excluding carboxylic acids is 1. The van der Waals surface area contributed by atoms with Crippen molar-refractivity contribution in [3.05, 3.63) is 0 Å². The summed E-state index contributed by atoms with van der Waals surface area (Å²) in [6.45, 7) is 6.72. The Bertz CT molecular complexity index is 317. The number of nitrogens with one attached hydrogen (secondary N) is 1. The predicted molar refractivity (Wildman–Crippen MR) is 73.8 cm³/mol. The average molecular weight is 257 g/mol. The first-order valence-electron chi connectivity index (χ1n) is 6.06. The van der Waals surface area contributed by atoms with E-state index in [0.717, 1.165) is 19.4 Å². The van der Waals surface area contributed by atoms with Crippen molar-refractivity contribution < 1.29 is 4.79 Å². The molecule has 0 aromatic heterocycles. The molecule has 3 N–H and O–H groups in total. The number of hydrogen-bond acceptors (Lipinski definition) is 3. The molecule has 98 valence electrons. The van der Waals surface area contributed by atoms with Gasteiger partial charge in [-0.1, -0.05) is 12.2 Å². The molecule has 0 aromatic carbocycles. The van der Waals surface area contributed by atoms with Crippen LogP contribution in [0.5, 0.6) is 0 Å². The van der Waals surface area contributed by atoms with Crippen molar-refractivity contribution in [2.75, 3.05) is 13.6 Å². The number of nitrogens with zero attached hydrogens (tertiary/aromatic N) is 1. The normalized spacial score (nSPS) is 26.6. The molecule has 1 aliphatic rings. The maximum absolute atomic E-state index is 12.1. The summed E-state index contributed by atoms with van der Waals surface area (Å²) >= 11 is 4.93. The molecule has 0 radical (unpaired) electrons. The van der Waals surface area contributed by atoms with Gasteiger partial charge in [-0.15, -0.1) is 0 Å². The largest absolute Gasteiger partial charge is 0.392 e. The molecule has 5 heteroatoms. The molecule has 0 bridgehead atoms. The maximum atomic E-state index is 12.1. The van der Waals surface area contributed by atoms with Crippen LogP contribution < -0.4 is 11.1 Å². The van der Waals surface area contributed by atoms with E-state index >= 15 is 0 Å². The second-order valence-electron chi connectivity index (χ2n) is 5.51. The molecular weight excluding hydrogens is 234 g/mol. The van der Waals surface area contributed by atoms with Crippen LogP contribution in [0.2, 0.25) is 0 Å². The summed E-state index contributed by atoms with van der Waals surface area (Å²) in [7, 11) is 2.11. The van der Waals surface area contributed by atoms with Crippen LogP contribution in [0.25, 0.3) is 0 Å². The fourth-order valence-electron chi connectivity index (χ4n) is 1.90. The van der Waals surface area contributed by atoms with Crippen LogP contribution >= 0.6 is 12.2 Å². The molecule has 1 rings (SSSR count). The molecule has 1 saturated heterocycles. The Hall–Kier alpha value is -0.680. The van der Waals surface area contributed by atoms with Gasteiger partial charge in [0, 0.05) is 18.6 Å². The summed E-state index contributed by atoms with van der Waals surface area (Å²) in [5.74, 6) is -0.0632. The first-order chi connectivity index (χ1) is 7.75. The molecule has 2 atom stereocenters. The van der Waals surface area contributed by atoms with Crippen LogP contribution in [0, 0.1) is 5.41 Å². The zero-order valence-electron chi connectivity index (χ0n) is 11.1. The zero-order valence-corrected chi connectivity index (χ0v) is 11.9. The Kier molecular flexibility index (Phi) is 4.49. The minimum Gasteiger partial charge on any atom is -0.392 e. The number of hydrogen-bond donors (Lipinski definition) is 2. The van der Waals surface area contributed by atoms with Gasteiger partial charge in [0.25, 0.3) is 0 Å². The van der Waals surface area contributed by atoms with Gasteiger partial charge < -0.3 is 16.0 Å². The minimum absolute atomic E-state index is 0.0632. The van der Waals surface area contributed by atoms with Crippen LogP contribution in [-0.4, -0.2) is 41.5 Å². The van der Waals surface area contributed by atoms with Crippen molar-refractivity contribution >= 4 is 23.1 Å². The molecule has 1 heterocycles. The number of likely N-dealkylation sites (tertiary alicyclic amines) is 1. The van der Waals surface area contributed by atoms with E-state index < -0.39 is 5.41 Å². The molecule has 2 unspecified atom stereocenters. The van der Waals surface area contributed by atoms with E-state index in [1.165, 1.54) is 0 Å². The van der Waals surface area contributed by atoms with Crippen molar-refractivity contribution in [2.24, 2.45) is 11.1 Å². The second-order valence-corrected chi connectivity index (χ2v) is 5.95. The number of carbonyl (C=O) groups is 1. The molecule has 1 fully saturated rings. The van der Waals surface area contributed by atoms with E-state index in [1.54, 1.807) is 13.8 Å². The van der Waals surface area contributed by atoms with Gasteiger partial charge in [-0.3, -0.25) is 4.79 Å². The first-order valence-corrected chi connectivity index (χ1v) is 6.47. The van der Waals surface area contributed by atoms with E-state index in [4.69, 9.17) is 18.0 Å². The summed E-state index contributed by atoms with van der Waals surface area (Å²) in [6.07, 6.45) is 1.97. The lowest BCUT2D eigenvalue weighted by Gasteiger charge is -2.36. The number of nitrogens with two attached hydrogens (primary N) is 1. The van der Waals surface area contributed by atoms with Crippen LogP contribution in [0.4, 0.5) is 0 Å². The number of thiocarbonyl (C=S) groups is 1. The van der Waals surface area contributed by atoms with E-state index in [2.05, 4.69) is 24.2 Å². The summed E-state index contributed by atoms with van der Waals surface area (Å²) in [4.78, 5) is 14.6. The summed E-state index contributed by atoms with van der Waals surface area (Å²) in [5, 5.41) is 3.06. The van der Waals surface area contributed by atoms with Gasteiger partial charge in [0.2, 0.25) is 5.91 Å². The molecule has 4 nitrogen and oxygen atoms in total. The molecule has 0 aromatic rings. The van der Waals surface area contributed by atoms with Crippen LogP contribution in [0.1, 0.15) is 33.6 Å². The van der Waals surface area contributed by atoms with Gasteiger partial charge in [-0.05, 0) is 40.7 Å². The Morgan fingerprint density at radius 2 is 2.12 bits per heavy atom. The van der Waals surface area contributed by atoms with Gasteiger partial charge in [0.05, 0.1) is 10.4 Å². The molecular formula is C12H23N3OS. The third kappa shape index (κ3) is 3.39. The van der Waals surface area contributed by atoms with E-state index in [9.17, 15) is 4.79 Å². The van der Waals surface area contributed by atoms with Crippen LogP contribution in [-0.2, 0) is 4.79 Å². The van der Waals surface area contributed by atoms with E-state index in [-0.39, 0.29) is 16.9 Å². The second kappa shape index (κ2) is 5.31. The standard InChI is InChI=1S/C12H23N3OS/c1-8-7-9(5-6-15(8)4)14-11(16)12(2,3)10(13)17/h8-9H,5-7H2,1-4H3,(H2,13,17)(H,14,16). The third-order valence-electron chi connectivity index (χ3n) is 3.73. The van der Waals surface area contributed by atoms with Gasteiger partial charge in [-0.2, -0.15) is 0 Å². The Morgan fingerprint density at radius 1 is 1.53 bits per heavy atom. The van der Waals surface area contributed by atoms with Crippen LogP contribution in [0.3, 0.4) is 0 Å². The lowest BCUT2D eigenvalue weighted by atomic mass is 9.90. The van der Waals surface area contributed by atoms with E-state index in [0.29, 0.717) is 6.04 Å². The zero-order chi connectivity index (χ0) is 13.2. The fourth-order valence-corrected chi connectivity index (χ4v) is 1.99. The maximum Gasteiger partial charge on any atom is 0.232 e. The van der Waals surface area contributed by atoms with Crippen molar-refractivity contribution in [1.82, 2.24) is 10.2 Å². The quantitative estimate of drug-likeness (QED) is 0.738. The lowest BCUT2D eigenvalue weighted by molar-refractivity contribution is -0.127. The minimum atomic E-state index is -0.762. The first kappa shape index (κ1) is 14.4. The summed E-state index contributed by atoms with van der Waals surface area (Å²) in [6, 6.07) is 0.740. The lowest BCUT2D eigenvalue weighted by Crippen LogP contribution is -2.52. The topological polar surface area (TPSA) is 58.4 Å². The molecule has 17 heavy (non-hydrogen) atoms. The van der Waals surface area contributed by atoms with Crippen molar-refractivity contribution in [3.63, 3.8) is 0 Å². The Labute approximate surface area is 109 Å². The SMILES string of the molecule is CC1CC(NC(=O)C(C)(C)C(N)=S)CCN1C. The highest BCUT2D eigenvalue weighted by Gasteiger charge is 2.33. The average Bonchev–Trinajstić information content (AvgIpc) is 2.23. The third-order valence-corrected chi connectivity index (χ3v) is 4.24. The molecule has 0 spiro atoms. The highest BCUT2D eigenvalue weighted by molar-refractivity contribution is 7.80. The van der Waals surface area contributed by atoms with Crippen molar-refractivity contribution in [1.29, 1.82) is 0 Å². The summed E-state index contributed by atoms with van der Waals surface area (Å²) in [5.41, 5.74) is 4.83. The van der Waals surface area contributed by atoms with E-state index in [1.807, 2.05) is 0 Å². The van der Waals surface area contributed by atoms with Crippen molar-refractivity contribution in [2.45, 2.75) is 45.7 Å². The van der Waals surface area contributed by atoms with Crippen LogP contribution in [0.15, 0.2) is 0 Å². The molecule has 1 aliphatic heterocycles. The van der Waals surface area contributed by atoms with Gasteiger partial charge in [0.15, 0.2) is 0 Å². The monoisotopic (exact) mass is 257 g/mol. The van der Waals surface area contributed by atoms with Gasteiger partial charge >= 0.3 is 0 Å². The molecule has 0 aliphatic carbocycles. The van der Waals surface area contributed by atoms with Gasteiger partial charge in [-0.25, -0.2) is 0 Å². The highest BCUT2D eigenvalue weighted by Crippen LogP contribution is 2.19. The number of piperidine rings is 1. The predicted octanol–water partition coefficient (Wildman–Crippen LogP) is 0.898. The molecule has 0 saturated carbocycles. The van der Waals surface area contributed by atoms with Gasteiger partial charge in [0.1, 0.15) is 0 Å². The fraction of sp³-hybridized carbons (Fsp3) is 0.833. The Morgan fingerprint density at radius 3 is 2.59 bits per heavy atom. The highest BCUT2D eigenvalue weighted by atomic mass is 32.1. The Balaban J connectivity index is 2.56. The number of amides is 1. The number of rotatable bonds is 3. The van der Waals surface area contributed by atoms with Crippen molar-refractivity contribution in [3.8, 4) is 0 Å².